The maximum atomic E-state index is 13.9. The maximum absolute atomic E-state index is 13.9. The van der Waals surface area contributed by atoms with E-state index in [0.29, 0.717) is 38.0 Å². The molecule has 0 radical (unpaired) electrons. The molecule has 1 amide bonds. The number of nitrogens with one attached hydrogen (secondary N) is 1. The molecular formula is C26H30F3N3O. The quantitative estimate of drug-likeness (QED) is 0.711. The SMILES string of the molecule is O=C1c2ccc(C3CCN(C(c4ccccc4)C(F)(F)F)CC3)cc2CN1C1CCCNC1. The van der Waals surface area contributed by atoms with Gasteiger partial charge in [0.2, 0.25) is 0 Å². The molecule has 2 atom stereocenters. The summed E-state index contributed by atoms with van der Waals surface area (Å²) in [5.74, 6) is 0.327. The van der Waals surface area contributed by atoms with E-state index in [-0.39, 0.29) is 17.9 Å². The summed E-state index contributed by atoms with van der Waals surface area (Å²) in [5.41, 5.74) is 3.29. The van der Waals surface area contributed by atoms with Gasteiger partial charge in [-0.1, -0.05) is 42.5 Å². The molecule has 3 aliphatic rings. The lowest BCUT2D eigenvalue weighted by Gasteiger charge is -2.38. The summed E-state index contributed by atoms with van der Waals surface area (Å²) in [6.45, 7) is 3.29. The van der Waals surface area contributed by atoms with Crippen LogP contribution in [0.4, 0.5) is 13.2 Å². The fourth-order valence-electron chi connectivity index (χ4n) is 5.74. The maximum Gasteiger partial charge on any atom is 0.408 e. The van der Waals surface area contributed by atoms with Crippen LogP contribution in [0.2, 0.25) is 0 Å². The molecule has 4 nitrogen and oxygen atoms in total. The molecule has 0 bridgehead atoms. The summed E-state index contributed by atoms with van der Waals surface area (Å²) in [4.78, 5) is 16.5. The Kier molecular flexibility index (Phi) is 6.18. The first kappa shape index (κ1) is 22.4. The number of fused-ring (bicyclic) bond motifs is 1. The Balaban J connectivity index is 1.27. The van der Waals surface area contributed by atoms with E-state index >= 15 is 0 Å². The smallest absolute Gasteiger partial charge is 0.330 e. The Morgan fingerprint density at radius 3 is 2.42 bits per heavy atom. The second-order valence-corrected chi connectivity index (χ2v) is 9.51. The minimum Gasteiger partial charge on any atom is -0.330 e. The average Bonchev–Trinajstić information content (AvgIpc) is 3.16. The molecular weight excluding hydrogens is 427 g/mol. The van der Waals surface area contributed by atoms with Crippen molar-refractivity contribution in [3.05, 3.63) is 70.8 Å². The van der Waals surface area contributed by atoms with E-state index in [1.165, 1.54) is 0 Å². The number of carbonyl (C=O) groups is 1. The zero-order valence-electron chi connectivity index (χ0n) is 18.7. The normalized spacial score (nSPS) is 23.5. The van der Waals surface area contributed by atoms with Gasteiger partial charge in [-0.3, -0.25) is 9.69 Å². The highest BCUT2D eigenvalue weighted by molar-refractivity contribution is 5.98. The molecule has 2 aromatic carbocycles. The van der Waals surface area contributed by atoms with Crippen molar-refractivity contribution in [1.29, 1.82) is 0 Å². The van der Waals surface area contributed by atoms with Crippen LogP contribution in [0.5, 0.6) is 0 Å². The van der Waals surface area contributed by atoms with Crippen molar-refractivity contribution < 1.29 is 18.0 Å². The van der Waals surface area contributed by atoms with Crippen LogP contribution in [0, 0.1) is 0 Å². The molecule has 0 aliphatic carbocycles. The van der Waals surface area contributed by atoms with E-state index in [4.69, 9.17) is 0 Å². The van der Waals surface area contributed by atoms with Crippen LogP contribution in [0.3, 0.4) is 0 Å². The first-order chi connectivity index (χ1) is 15.9. The highest BCUT2D eigenvalue weighted by Crippen LogP contribution is 2.41. The Bertz CT molecular complexity index is 980. The highest BCUT2D eigenvalue weighted by Gasteiger charge is 2.45. The summed E-state index contributed by atoms with van der Waals surface area (Å²) >= 11 is 0. The Hall–Kier alpha value is -2.38. The summed E-state index contributed by atoms with van der Waals surface area (Å²) in [6.07, 6.45) is -0.833. The van der Waals surface area contributed by atoms with Gasteiger partial charge in [0.25, 0.3) is 5.91 Å². The third-order valence-corrected chi connectivity index (χ3v) is 7.46. The van der Waals surface area contributed by atoms with Crippen molar-refractivity contribution in [2.24, 2.45) is 0 Å². The summed E-state index contributed by atoms with van der Waals surface area (Å²) < 4.78 is 41.7. The number of alkyl halides is 3. The van der Waals surface area contributed by atoms with Gasteiger partial charge in [0.1, 0.15) is 6.04 Å². The Labute approximate surface area is 192 Å². The molecule has 3 heterocycles. The van der Waals surface area contributed by atoms with Crippen LogP contribution < -0.4 is 5.32 Å². The Morgan fingerprint density at radius 2 is 1.76 bits per heavy atom. The number of piperidine rings is 2. The molecule has 0 saturated carbocycles. The second-order valence-electron chi connectivity index (χ2n) is 9.51. The Morgan fingerprint density at radius 1 is 1.00 bits per heavy atom. The first-order valence-electron chi connectivity index (χ1n) is 11.9. The monoisotopic (exact) mass is 457 g/mol. The van der Waals surface area contributed by atoms with Gasteiger partial charge in [-0.15, -0.1) is 0 Å². The van der Waals surface area contributed by atoms with Crippen molar-refractivity contribution in [1.82, 2.24) is 15.1 Å². The van der Waals surface area contributed by atoms with E-state index in [9.17, 15) is 18.0 Å². The number of nitrogens with zero attached hydrogens (tertiary/aromatic N) is 2. The van der Waals surface area contributed by atoms with E-state index in [1.807, 2.05) is 17.0 Å². The number of amides is 1. The van der Waals surface area contributed by atoms with E-state index in [0.717, 1.165) is 42.6 Å². The fraction of sp³-hybridized carbons (Fsp3) is 0.500. The molecule has 5 rings (SSSR count). The fourth-order valence-corrected chi connectivity index (χ4v) is 5.74. The van der Waals surface area contributed by atoms with Crippen molar-refractivity contribution in [2.75, 3.05) is 26.2 Å². The minimum atomic E-state index is -4.31. The molecule has 3 aliphatic heterocycles. The topological polar surface area (TPSA) is 35.6 Å². The number of halogens is 3. The van der Waals surface area contributed by atoms with Gasteiger partial charge >= 0.3 is 6.18 Å². The van der Waals surface area contributed by atoms with E-state index < -0.39 is 12.2 Å². The minimum absolute atomic E-state index is 0.107. The number of likely N-dealkylation sites (tertiary alicyclic amines) is 1. The van der Waals surface area contributed by atoms with Gasteiger partial charge in [-0.2, -0.15) is 13.2 Å². The predicted molar refractivity (Wildman–Crippen MR) is 121 cm³/mol. The van der Waals surface area contributed by atoms with Crippen LogP contribution in [-0.2, 0) is 6.54 Å². The van der Waals surface area contributed by atoms with Crippen LogP contribution in [0.1, 0.15) is 64.7 Å². The molecule has 2 aromatic rings. The number of hydrogen-bond acceptors (Lipinski definition) is 3. The molecule has 33 heavy (non-hydrogen) atoms. The van der Waals surface area contributed by atoms with Crippen molar-refractivity contribution in [3.8, 4) is 0 Å². The van der Waals surface area contributed by atoms with Crippen LogP contribution in [0.25, 0.3) is 0 Å². The first-order valence-corrected chi connectivity index (χ1v) is 11.9. The van der Waals surface area contributed by atoms with Gasteiger partial charge in [0.05, 0.1) is 0 Å². The third kappa shape index (κ3) is 4.53. The van der Waals surface area contributed by atoms with E-state index in [2.05, 4.69) is 11.4 Å². The average molecular weight is 458 g/mol. The predicted octanol–water partition coefficient (Wildman–Crippen LogP) is 4.88. The summed E-state index contributed by atoms with van der Waals surface area (Å²) in [5, 5.41) is 3.38. The molecule has 2 unspecified atom stereocenters. The van der Waals surface area contributed by atoms with Gasteiger partial charge < -0.3 is 10.2 Å². The number of hydrogen-bond donors (Lipinski definition) is 1. The number of carbonyl (C=O) groups excluding carboxylic acids is 1. The molecule has 2 fully saturated rings. The lowest BCUT2D eigenvalue weighted by molar-refractivity contribution is -0.189. The van der Waals surface area contributed by atoms with Crippen molar-refractivity contribution >= 4 is 5.91 Å². The molecule has 2 saturated heterocycles. The molecule has 0 aromatic heterocycles. The van der Waals surface area contributed by atoms with Crippen LogP contribution >= 0.6 is 0 Å². The number of benzene rings is 2. The van der Waals surface area contributed by atoms with Gasteiger partial charge in [-0.05, 0) is 74.0 Å². The third-order valence-electron chi connectivity index (χ3n) is 7.46. The standard InChI is InChI=1S/C26H30F3N3O/c27-26(28,29)24(19-5-2-1-3-6-19)31-13-10-18(11-14-31)20-8-9-23-21(15-20)17-32(25(23)33)22-7-4-12-30-16-22/h1-3,5-6,8-9,15,18,22,24,30H,4,7,10-14,16-17H2. The highest BCUT2D eigenvalue weighted by atomic mass is 19.4. The van der Waals surface area contributed by atoms with Gasteiger partial charge in [-0.25, -0.2) is 0 Å². The van der Waals surface area contributed by atoms with Gasteiger partial charge in [0.15, 0.2) is 0 Å². The van der Waals surface area contributed by atoms with Crippen LogP contribution in [0.15, 0.2) is 48.5 Å². The lowest BCUT2D eigenvalue weighted by atomic mass is 9.87. The number of rotatable bonds is 4. The van der Waals surface area contributed by atoms with Crippen molar-refractivity contribution in [2.45, 2.75) is 56.4 Å². The van der Waals surface area contributed by atoms with Gasteiger partial charge in [0, 0.05) is 24.7 Å². The molecule has 176 valence electrons. The summed E-state index contributed by atoms with van der Waals surface area (Å²) in [6, 6.07) is 13.0. The molecule has 0 spiro atoms. The molecule has 7 heteroatoms. The largest absolute Gasteiger partial charge is 0.408 e. The molecule has 1 N–H and O–H groups in total. The summed E-state index contributed by atoms with van der Waals surface area (Å²) in [7, 11) is 0. The van der Waals surface area contributed by atoms with E-state index in [1.54, 1.807) is 35.2 Å². The zero-order valence-corrected chi connectivity index (χ0v) is 18.7. The lowest BCUT2D eigenvalue weighted by Crippen LogP contribution is -2.46. The van der Waals surface area contributed by atoms with Crippen molar-refractivity contribution in [3.63, 3.8) is 0 Å². The zero-order chi connectivity index (χ0) is 23.0. The second kappa shape index (κ2) is 9.11. The van der Waals surface area contributed by atoms with Crippen LogP contribution in [-0.4, -0.2) is 54.1 Å².